The lowest BCUT2D eigenvalue weighted by Gasteiger charge is -2.33. The average Bonchev–Trinajstić information content (AvgIpc) is 2.86. The van der Waals surface area contributed by atoms with E-state index in [4.69, 9.17) is 10.5 Å². The highest BCUT2D eigenvalue weighted by Crippen LogP contribution is 2.29. The van der Waals surface area contributed by atoms with Gasteiger partial charge in [0.25, 0.3) is 15.9 Å². The van der Waals surface area contributed by atoms with Crippen molar-refractivity contribution in [2.24, 2.45) is 16.0 Å². The molecule has 0 spiro atoms. The van der Waals surface area contributed by atoms with Crippen LogP contribution >= 0.6 is 0 Å². The van der Waals surface area contributed by atoms with Gasteiger partial charge in [0, 0.05) is 36.3 Å². The first-order chi connectivity index (χ1) is 17.3. The van der Waals surface area contributed by atoms with E-state index in [0.717, 1.165) is 18.4 Å². The Kier molecular flexibility index (Phi) is 6.36. The number of aromatic nitrogens is 1. The minimum atomic E-state index is -3.62. The number of hydrogen-bond donors (Lipinski definition) is 2. The Bertz CT molecular complexity index is 1450. The van der Waals surface area contributed by atoms with Gasteiger partial charge in [0.1, 0.15) is 17.3 Å². The molecular formula is C26H26N4O5S. The highest BCUT2D eigenvalue weighted by atomic mass is 32.2. The van der Waals surface area contributed by atoms with Crippen LogP contribution < -0.4 is 10.5 Å². The molecule has 3 heterocycles. The number of nitrogens with zero attached hydrogens (tertiary/aromatic N) is 3. The molecule has 0 aliphatic carbocycles. The van der Waals surface area contributed by atoms with Crippen molar-refractivity contribution in [1.82, 2.24) is 9.88 Å². The predicted octanol–water partition coefficient (Wildman–Crippen LogP) is 2.93. The second kappa shape index (κ2) is 9.62. The maximum absolute atomic E-state index is 13.3. The number of piperidine rings is 1. The zero-order valence-corrected chi connectivity index (χ0v) is 20.3. The number of rotatable bonds is 5. The molecule has 1 amide bonds. The smallest absolute Gasteiger partial charge is 0.259 e. The quantitative estimate of drug-likeness (QED) is 0.543. The Balaban J connectivity index is 1.27. The standard InChI is InChI=1S/C26H26N4O5S/c27-25-24-20(16-36(33,34)29-25)6-2-8-23(24)35-15-17-4-3-11-30(14-17)26(32)19-9-10-28-22(13-19)18-5-1-7-21(31)12-18/h1-2,5-10,12-13,17,31H,3-4,11,14-16H2,(H2,27,29)/t17-/m0/s1. The third-order valence-corrected chi connectivity index (χ3v) is 7.52. The summed E-state index contributed by atoms with van der Waals surface area (Å²) >= 11 is 0. The van der Waals surface area contributed by atoms with Crippen LogP contribution in [0.2, 0.25) is 0 Å². The molecule has 36 heavy (non-hydrogen) atoms. The predicted molar refractivity (Wildman–Crippen MR) is 135 cm³/mol. The zero-order chi connectivity index (χ0) is 25.3. The maximum atomic E-state index is 13.3. The van der Waals surface area contributed by atoms with Crippen LogP contribution in [0.3, 0.4) is 0 Å². The number of phenols is 1. The van der Waals surface area contributed by atoms with E-state index in [1.54, 1.807) is 54.7 Å². The lowest BCUT2D eigenvalue weighted by Crippen LogP contribution is -2.41. The number of pyridine rings is 1. The zero-order valence-electron chi connectivity index (χ0n) is 19.5. The average molecular weight is 507 g/mol. The van der Waals surface area contributed by atoms with Gasteiger partial charge >= 0.3 is 0 Å². The minimum absolute atomic E-state index is 0.0625. The van der Waals surface area contributed by atoms with Crippen molar-refractivity contribution in [3.63, 3.8) is 0 Å². The number of fused-ring (bicyclic) bond motifs is 1. The first-order valence-electron chi connectivity index (χ1n) is 11.7. The molecule has 0 radical (unpaired) electrons. The molecule has 0 saturated carbocycles. The molecule has 3 aromatic rings. The number of hydrogen-bond acceptors (Lipinski definition) is 7. The topological polar surface area (TPSA) is 135 Å². The van der Waals surface area contributed by atoms with Crippen LogP contribution in [0, 0.1) is 5.92 Å². The van der Waals surface area contributed by atoms with E-state index in [2.05, 4.69) is 9.38 Å². The van der Waals surface area contributed by atoms with E-state index >= 15 is 0 Å². The summed E-state index contributed by atoms with van der Waals surface area (Å²) in [5.41, 5.74) is 8.91. The summed E-state index contributed by atoms with van der Waals surface area (Å²) in [6.07, 6.45) is 3.35. The molecule has 2 aliphatic heterocycles. The number of aromatic hydroxyl groups is 1. The lowest BCUT2D eigenvalue weighted by atomic mass is 9.98. The van der Waals surface area contributed by atoms with Gasteiger partial charge in [-0.15, -0.1) is 4.40 Å². The monoisotopic (exact) mass is 506 g/mol. The summed E-state index contributed by atoms with van der Waals surface area (Å²) in [5.74, 6) is 0.394. The van der Waals surface area contributed by atoms with Gasteiger partial charge in [-0.3, -0.25) is 9.78 Å². The highest BCUT2D eigenvalue weighted by molar-refractivity contribution is 7.89. The van der Waals surface area contributed by atoms with Gasteiger partial charge in [-0.2, -0.15) is 0 Å². The summed E-state index contributed by atoms with van der Waals surface area (Å²) in [6, 6.07) is 15.4. The number of amides is 1. The highest BCUT2D eigenvalue weighted by Gasteiger charge is 2.28. The second-order valence-corrected chi connectivity index (χ2v) is 10.7. The number of phenolic OH excluding ortho intramolecular Hbond substituents is 1. The number of benzene rings is 2. The number of nitrogens with two attached hydrogens (primary N) is 1. The fourth-order valence-electron chi connectivity index (χ4n) is 4.69. The largest absolute Gasteiger partial charge is 0.508 e. The van der Waals surface area contributed by atoms with Crippen molar-refractivity contribution >= 4 is 21.8 Å². The van der Waals surface area contributed by atoms with E-state index in [9.17, 15) is 18.3 Å². The fraction of sp³-hybridized carbons (Fsp3) is 0.269. The molecule has 186 valence electrons. The summed E-state index contributed by atoms with van der Waals surface area (Å²) in [7, 11) is -3.62. The molecular weight excluding hydrogens is 480 g/mol. The second-order valence-electron chi connectivity index (χ2n) is 9.04. The number of ether oxygens (including phenoxy) is 1. The molecule has 1 atom stereocenters. The molecule has 0 unspecified atom stereocenters. The Labute approximate surface area is 209 Å². The number of carbonyl (C=O) groups excluding carboxylic acids is 1. The normalized spacial score (nSPS) is 18.7. The minimum Gasteiger partial charge on any atom is -0.508 e. The van der Waals surface area contributed by atoms with Gasteiger partial charge in [0.2, 0.25) is 0 Å². The van der Waals surface area contributed by atoms with Crippen molar-refractivity contribution in [1.29, 1.82) is 0 Å². The SMILES string of the molecule is NC1=NS(=O)(=O)Cc2cccc(OC[C@H]3CCCN(C(=O)c4ccnc(-c5cccc(O)c5)c4)C3)c21. The molecule has 0 bridgehead atoms. The van der Waals surface area contributed by atoms with E-state index in [1.807, 2.05) is 11.0 Å². The molecule has 1 fully saturated rings. The third-order valence-electron chi connectivity index (χ3n) is 6.37. The van der Waals surface area contributed by atoms with Crippen LogP contribution in [-0.2, 0) is 15.8 Å². The van der Waals surface area contributed by atoms with Gasteiger partial charge in [-0.05, 0) is 48.7 Å². The third kappa shape index (κ3) is 5.03. The Hall–Kier alpha value is -3.92. The molecule has 10 heteroatoms. The van der Waals surface area contributed by atoms with E-state index in [-0.39, 0.29) is 29.2 Å². The van der Waals surface area contributed by atoms with Gasteiger partial charge < -0.3 is 20.5 Å². The van der Waals surface area contributed by atoms with Gasteiger partial charge in [0.05, 0.1) is 23.6 Å². The molecule has 2 aliphatic rings. The first-order valence-corrected chi connectivity index (χ1v) is 13.3. The molecule has 1 aromatic heterocycles. The first kappa shape index (κ1) is 23.8. The van der Waals surface area contributed by atoms with Crippen LogP contribution in [0.5, 0.6) is 11.5 Å². The summed E-state index contributed by atoms with van der Waals surface area (Å²) < 4.78 is 33.5. The number of amidine groups is 1. The Morgan fingerprint density at radius 3 is 2.83 bits per heavy atom. The maximum Gasteiger partial charge on any atom is 0.259 e. The van der Waals surface area contributed by atoms with Crippen LogP contribution in [-0.4, -0.2) is 54.8 Å². The summed E-state index contributed by atoms with van der Waals surface area (Å²) in [5, 5.41) is 9.77. The van der Waals surface area contributed by atoms with Crippen molar-refractivity contribution in [3.8, 4) is 22.8 Å². The van der Waals surface area contributed by atoms with Gasteiger partial charge in [-0.25, -0.2) is 8.42 Å². The van der Waals surface area contributed by atoms with Crippen LogP contribution in [0.4, 0.5) is 0 Å². The molecule has 1 saturated heterocycles. The van der Waals surface area contributed by atoms with E-state index in [0.29, 0.717) is 47.8 Å². The lowest BCUT2D eigenvalue weighted by molar-refractivity contribution is 0.0633. The fourth-order valence-corrected chi connectivity index (χ4v) is 5.78. The molecule has 5 rings (SSSR count). The number of carbonyl (C=O) groups is 1. The van der Waals surface area contributed by atoms with Crippen molar-refractivity contribution in [3.05, 3.63) is 77.5 Å². The molecule has 2 aromatic carbocycles. The van der Waals surface area contributed by atoms with Gasteiger partial charge in [0.15, 0.2) is 0 Å². The summed E-state index contributed by atoms with van der Waals surface area (Å²) in [4.78, 5) is 19.5. The number of likely N-dealkylation sites (tertiary alicyclic amines) is 1. The Morgan fingerprint density at radius 2 is 2.00 bits per heavy atom. The van der Waals surface area contributed by atoms with E-state index in [1.165, 1.54) is 0 Å². The Morgan fingerprint density at radius 1 is 1.17 bits per heavy atom. The van der Waals surface area contributed by atoms with Crippen molar-refractivity contribution in [2.45, 2.75) is 18.6 Å². The number of sulfonamides is 1. The molecule has 9 nitrogen and oxygen atoms in total. The van der Waals surface area contributed by atoms with Crippen molar-refractivity contribution in [2.75, 3.05) is 19.7 Å². The van der Waals surface area contributed by atoms with E-state index < -0.39 is 10.0 Å². The molecule has 3 N–H and O–H groups in total. The van der Waals surface area contributed by atoms with Crippen molar-refractivity contribution < 1.29 is 23.1 Å². The van der Waals surface area contributed by atoms with Crippen LogP contribution in [0.25, 0.3) is 11.3 Å². The van der Waals surface area contributed by atoms with Crippen LogP contribution in [0.15, 0.2) is 65.2 Å². The van der Waals surface area contributed by atoms with Crippen LogP contribution in [0.1, 0.15) is 34.3 Å². The summed E-state index contributed by atoms with van der Waals surface area (Å²) in [6.45, 7) is 1.55. The van der Waals surface area contributed by atoms with Gasteiger partial charge in [-0.1, -0.05) is 24.3 Å².